The Bertz CT molecular complexity index is 819. The van der Waals surface area contributed by atoms with E-state index in [0.717, 1.165) is 11.1 Å². The van der Waals surface area contributed by atoms with Crippen molar-refractivity contribution >= 4 is 11.9 Å². The number of nitrogens with one attached hydrogen (secondary N) is 2. The van der Waals surface area contributed by atoms with Crippen LogP contribution in [0.5, 0.6) is 0 Å². The van der Waals surface area contributed by atoms with Crippen LogP contribution in [0.4, 0.5) is 0 Å². The molecular weight excluding hydrogens is 326 g/mol. The number of benzene rings is 2. The summed E-state index contributed by atoms with van der Waals surface area (Å²) in [5.74, 6) is 0.655. The van der Waals surface area contributed by atoms with Gasteiger partial charge in [-0.05, 0) is 35.4 Å². The normalized spacial score (nSPS) is 10.8. The van der Waals surface area contributed by atoms with Gasteiger partial charge in [-0.1, -0.05) is 24.3 Å². The first-order valence-electron chi connectivity index (χ1n) is 8.27. The number of nitrogens with zero attached hydrogens (tertiary/aromatic N) is 3. The molecule has 134 valence electrons. The molecule has 0 aromatic heterocycles. The molecule has 2 aromatic carbocycles. The minimum atomic E-state index is -0.0124. The van der Waals surface area contributed by atoms with Crippen LogP contribution >= 0.6 is 0 Å². The number of guanidine groups is 1. The molecule has 0 saturated heterocycles. The van der Waals surface area contributed by atoms with E-state index in [-0.39, 0.29) is 5.91 Å². The highest BCUT2D eigenvalue weighted by molar-refractivity contribution is 5.93. The second kappa shape index (κ2) is 9.23. The molecule has 2 N–H and O–H groups in total. The van der Waals surface area contributed by atoms with Gasteiger partial charge in [-0.15, -0.1) is 0 Å². The fourth-order valence-corrected chi connectivity index (χ4v) is 2.37. The van der Waals surface area contributed by atoms with Gasteiger partial charge >= 0.3 is 0 Å². The third kappa shape index (κ3) is 5.35. The molecule has 0 heterocycles. The van der Waals surface area contributed by atoms with E-state index >= 15 is 0 Å². The van der Waals surface area contributed by atoms with Crippen LogP contribution in [0.1, 0.15) is 27.0 Å². The third-order valence-corrected chi connectivity index (χ3v) is 3.81. The molecule has 26 heavy (non-hydrogen) atoms. The van der Waals surface area contributed by atoms with Crippen molar-refractivity contribution < 1.29 is 4.79 Å². The van der Waals surface area contributed by atoms with Crippen LogP contribution < -0.4 is 10.6 Å². The summed E-state index contributed by atoms with van der Waals surface area (Å²) in [4.78, 5) is 17.6. The van der Waals surface area contributed by atoms with E-state index in [4.69, 9.17) is 5.26 Å². The van der Waals surface area contributed by atoms with E-state index in [1.807, 2.05) is 42.5 Å². The monoisotopic (exact) mass is 349 g/mol. The maximum Gasteiger partial charge on any atom is 0.253 e. The van der Waals surface area contributed by atoms with Crippen LogP contribution in [0.3, 0.4) is 0 Å². The van der Waals surface area contributed by atoms with Crippen LogP contribution in [0.15, 0.2) is 53.5 Å². The van der Waals surface area contributed by atoms with E-state index in [9.17, 15) is 4.79 Å². The lowest BCUT2D eigenvalue weighted by molar-refractivity contribution is 0.0827. The molecule has 0 aliphatic carbocycles. The van der Waals surface area contributed by atoms with Gasteiger partial charge in [0.2, 0.25) is 0 Å². The number of rotatable bonds is 5. The first-order valence-corrected chi connectivity index (χ1v) is 8.27. The van der Waals surface area contributed by atoms with Gasteiger partial charge in [0.25, 0.3) is 5.91 Å². The molecule has 6 heteroatoms. The molecule has 0 atom stereocenters. The van der Waals surface area contributed by atoms with E-state index < -0.39 is 0 Å². The maximum atomic E-state index is 11.9. The molecule has 2 rings (SSSR count). The first-order chi connectivity index (χ1) is 12.5. The van der Waals surface area contributed by atoms with Crippen molar-refractivity contribution in [2.75, 3.05) is 21.1 Å². The highest BCUT2D eigenvalue weighted by Gasteiger charge is 2.07. The average molecular weight is 349 g/mol. The smallest absolute Gasteiger partial charge is 0.253 e. The molecule has 0 aliphatic rings. The van der Waals surface area contributed by atoms with Gasteiger partial charge in [0.05, 0.1) is 11.6 Å². The summed E-state index contributed by atoms with van der Waals surface area (Å²) < 4.78 is 0. The van der Waals surface area contributed by atoms with E-state index in [1.165, 1.54) is 0 Å². The number of hydrogen-bond donors (Lipinski definition) is 2. The number of carbonyl (C=O) groups excluding carboxylic acids is 1. The van der Waals surface area contributed by atoms with Crippen molar-refractivity contribution in [1.82, 2.24) is 15.5 Å². The third-order valence-electron chi connectivity index (χ3n) is 3.81. The largest absolute Gasteiger partial charge is 0.352 e. The van der Waals surface area contributed by atoms with Crippen molar-refractivity contribution in [3.05, 3.63) is 70.8 Å². The van der Waals surface area contributed by atoms with Crippen LogP contribution in [-0.2, 0) is 13.1 Å². The number of hydrogen-bond acceptors (Lipinski definition) is 3. The van der Waals surface area contributed by atoms with Crippen molar-refractivity contribution in [3.8, 4) is 6.07 Å². The predicted molar refractivity (Wildman–Crippen MR) is 103 cm³/mol. The molecule has 6 nitrogen and oxygen atoms in total. The highest BCUT2D eigenvalue weighted by atomic mass is 16.2. The minimum Gasteiger partial charge on any atom is -0.352 e. The Morgan fingerprint density at radius 1 is 1.08 bits per heavy atom. The molecule has 0 spiro atoms. The van der Waals surface area contributed by atoms with Gasteiger partial charge in [0.1, 0.15) is 0 Å². The van der Waals surface area contributed by atoms with Crippen molar-refractivity contribution in [3.63, 3.8) is 0 Å². The number of carbonyl (C=O) groups is 1. The topological polar surface area (TPSA) is 80.5 Å². The summed E-state index contributed by atoms with van der Waals surface area (Å²) in [6.45, 7) is 1.17. The second-order valence-electron chi connectivity index (χ2n) is 5.99. The van der Waals surface area contributed by atoms with Gasteiger partial charge < -0.3 is 15.5 Å². The summed E-state index contributed by atoms with van der Waals surface area (Å²) in [6, 6.07) is 17.1. The Kier molecular flexibility index (Phi) is 6.75. The van der Waals surface area contributed by atoms with Gasteiger partial charge in [-0.2, -0.15) is 5.26 Å². The van der Waals surface area contributed by atoms with E-state index in [1.54, 1.807) is 32.1 Å². The van der Waals surface area contributed by atoms with Gasteiger partial charge in [-0.3, -0.25) is 9.79 Å². The quantitative estimate of drug-likeness (QED) is 0.640. The van der Waals surface area contributed by atoms with E-state index in [0.29, 0.717) is 30.2 Å². The predicted octanol–water partition coefficient (Wildman–Crippen LogP) is 2.13. The minimum absolute atomic E-state index is 0.0124. The van der Waals surface area contributed by atoms with Gasteiger partial charge in [0, 0.05) is 39.8 Å². The maximum absolute atomic E-state index is 11.9. The molecule has 0 aliphatic heterocycles. The summed E-state index contributed by atoms with van der Waals surface area (Å²) in [7, 11) is 5.18. The fraction of sp³-hybridized carbons (Fsp3) is 0.250. The Hall–Kier alpha value is -3.33. The average Bonchev–Trinajstić information content (AvgIpc) is 2.68. The lowest BCUT2D eigenvalue weighted by Crippen LogP contribution is -2.36. The van der Waals surface area contributed by atoms with Crippen molar-refractivity contribution in [1.29, 1.82) is 5.26 Å². The SMILES string of the molecule is CN=C(NCc1ccc(C(=O)N(C)C)cc1)NCc1cccc(C#N)c1. The second-order valence-corrected chi connectivity index (χ2v) is 5.99. The van der Waals surface area contributed by atoms with Crippen molar-refractivity contribution in [2.45, 2.75) is 13.1 Å². The van der Waals surface area contributed by atoms with Crippen LogP contribution in [0.25, 0.3) is 0 Å². The molecule has 2 aromatic rings. The number of aliphatic imine (C=N–C) groups is 1. The standard InChI is InChI=1S/C20H23N5O/c1-22-20(24-14-17-6-4-5-16(11-17)12-21)23-13-15-7-9-18(10-8-15)19(26)25(2)3/h4-11H,13-14H2,1-3H3,(H2,22,23,24). The Labute approximate surface area is 154 Å². The molecule has 0 saturated carbocycles. The van der Waals surface area contributed by atoms with Crippen LogP contribution in [-0.4, -0.2) is 37.9 Å². The first kappa shape index (κ1) is 19.0. The van der Waals surface area contributed by atoms with Crippen molar-refractivity contribution in [2.24, 2.45) is 4.99 Å². The Balaban J connectivity index is 1.88. The fourth-order valence-electron chi connectivity index (χ4n) is 2.37. The zero-order valence-electron chi connectivity index (χ0n) is 15.3. The number of nitriles is 1. The molecule has 1 amide bonds. The van der Waals surface area contributed by atoms with Crippen LogP contribution in [0, 0.1) is 11.3 Å². The molecule has 0 fully saturated rings. The molecular formula is C20H23N5O. The molecule has 0 unspecified atom stereocenters. The summed E-state index contributed by atoms with van der Waals surface area (Å²) >= 11 is 0. The lowest BCUT2D eigenvalue weighted by Gasteiger charge is -2.13. The van der Waals surface area contributed by atoms with Gasteiger partial charge in [-0.25, -0.2) is 0 Å². The summed E-state index contributed by atoms with van der Waals surface area (Å²) in [6.07, 6.45) is 0. The molecule has 0 radical (unpaired) electrons. The lowest BCUT2D eigenvalue weighted by atomic mass is 10.1. The van der Waals surface area contributed by atoms with Crippen LogP contribution in [0.2, 0.25) is 0 Å². The summed E-state index contributed by atoms with van der Waals surface area (Å²) in [5, 5.41) is 15.4. The van der Waals surface area contributed by atoms with E-state index in [2.05, 4.69) is 21.7 Å². The zero-order valence-corrected chi connectivity index (χ0v) is 15.3. The number of amides is 1. The Morgan fingerprint density at radius 2 is 1.73 bits per heavy atom. The summed E-state index contributed by atoms with van der Waals surface area (Å²) in [5.41, 5.74) is 3.37. The molecule has 0 bridgehead atoms. The van der Waals surface area contributed by atoms with Gasteiger partial charge in [0.15, 0.2) is 5.96 Å². The zero-order chi connectivity index (χ0) is 18.9. The Morgan fingerprint density at radius 3 is 2.31 bits per heavy atom. The highest BCUT2D eigenvalue weighted by Crippen LogP contribution is 2.07.